The van der Waals surface area contributed by atoms with Crippen molar-refractivity contribution in [3.63, 3.8) is 0 Å². The van der Waals surface area contributed by atoms with Crippen LogP contribution in [-0.2, 0) is 4.79 Å². The fourth-order valence-corrected chi connectivity index (χ4v) is 2.42. The van der Waals surface area contributed by atoms with Crippen molar-refractivity contribution in [3.8, 4) is 0 Å². The van der Waals surface area contributed by atoms with E-state index in [1.165, 1.54) is 12.1 Å². The van der Waals surface area contributed by atoms with Crippen LogP contribution in [0, 0.1) is 15.5 Å². The Labute approximate surface area is 110 Å². The van der Waals surface area contributed by atoms with Crippen LogP contribution in [0.4, 0.5) is 11.4 Å². The van der Waals surface area contributed by atoms with Crippen molar-refractivity contribution >= 4 is 17.3 Å². The second kappa shape index (κ2) is 4.87. The Balaban J connectivity index is 2.17. The fourth-order valence-electron chi connectivity index (χ4n) is 2.42. The molecular formula is C13H16N2O4. The van der Waals surface area contributed by atoms with Gasteiger partial charge in [0.05, 0.1) is 10.3 Å². The SMILES string of the molecule is C[C@]1(C(=O)O)CCCN(c2ccc([N+](=O)[O-])cc2)C1. The minimum absolute atomic E-state index is 0.0433. The van der Waals surface area contributed by atoms with Gasteiger partial charge >= 0.3 is 5.97 Å². The first-order valence-corrected chi connectivity index (χ1v) is 6.15. The molecule has 0 aromatic heterocycles. The van der Waals surface area contributed by atoms with Gasteiger partial charge in [-0.2, -0.15) is 0 Å². The van der Waals surface area contributed by atoms with Crippen LogP contribution in [0.1, 0.15) is 19.8 Å². The van der Waals surface area contributed by atoms with Crippen LogP contribution in [0.25, 0.3) is 0 Å². The molecule has 0 bridgehead atoms. The zero-order valence-corrected chi connectivity index (χ0v) is 10.7. The van der Waals surface area contributed by atoms with E-state index < -0.39 is 16.3 Å². The van der Waals surface area contributed by atoms with Gasteiger partial charge in [-0.1, -0.05) is 0 Å². The Hall–Kier alpha value is -2.11. The minimum Gasteiger partial charge on any atom is -0.481 e. The third kappa shape index (κ3) is 2.67. The lowest BCUT2D eigenvalue weighted by Crippen LogP contribution is -2.46. The highest BCUT2D eigenvalue weighted by atomic mass is 16.6. The molecule has 102 valence electrons. The van der Waals surface area contributed by atoms with E-state index in [-0.39, 0.29) is 5.69 Å². The summed E-state index contributed by atoms with van der Waals surface area (Å²) in [7, 11) is 0. The number of carboxylic acids is 1. The number of benzene rings is 1. The van der Waals surface area contributed by atoms with Crippen molar-refractivity contribution in [1.82, 2.24) is 0 Å². The van der Waals surface area contributed by atoms with E-state index in [4.69, 9.17) is 0 Å². The highest BCUT2D eigenvalue weighted by Gasteiger charge is 2.37. The molecule has 0 radical (unpaired) electrons. The van der Waals surface area contributed by atoms with Crippen molar-refractivity contribution in [2.75, 3.05) is 18.0 Å². The Morgan fingerprint density at radius 2 is 2.05 bits per heavy atom. The molecule has 1 N–H and O–H groups in total. The number of nitro benzene ring substituents is 1. The second-order valence-corrected chi connectivity index (χ2v) is 5.16. The van der Waals surface area contributed by atoms with Crippen LogP contribution < -0.4 is 4.90 Å². The van der Waals surface area contributed by atoms with E-state index in [0.29, 0.717) is 13.0 Å². The molecule has 0 amide bonds. The Morgan fingerprint density at radius 3 is 2.58 bits per heavy atom. The average Bonchev–Trinajstić information content (AvgIpc) is 2.39. The van der Waals surface area contributed by atoms with E-state index in [2.05, 4.69) is 0 Å². The van der Waals surface area contributed by atoms with Gasteiger partial charge in [-0.05, 0) is 31.9 Å². The van der Waals surface area contributed by atoms with E-state index in [0.717, 1.165) is 18.7 Å². The third-order valence-electron chi connectivity index (χ3n) is 3.64. The maximum atomic E-state index is 11.3. The van der Waals surface area contributed by atoms with E-state index in [9.17, 15) is 20.0 Å². The molecule has 0 unspecified atom stereocenters. The molecule has 1 aromatic carbocycles. The zero-order valence-electron chi connectivity index (χ0n) is 10.7. The molecule has 6 heteroatoms. The van der Waals surface area contributed by atoms with Crippen LogP contribution >= 0.6 is 0 Å². The number of carboxylic acid groups (broad SMARTS) is 1. The van der Waals surface area contributed by atoms with Gasteiger partial charge < -0.3 is 10.0 Å². The van der Waals surface area contributed by atoms with Gasteiger partial charge in [0.2, 0.25) is 0 Å². The lowest BCUT2D eigenvalue weighted by molar-refractivity contribution is -0.384. The van der Waals surface area contributed by atoms with Gasteiger partial charge in [0.15, 0.2) is 0 Å². The smallest absolute Gasteiger partial charge is 0.311 e. The summed E-state index contributed by atoms with van der Waals surface area (Å²) in [5, 5.41) is 19.9. The second-order valence-electron chi connectivity index (χ2n) is 5.16. The van der Waals surface area contributed by atoms with Crippen molar-refractivity contribution in [2.45, 2.75) is 19.8 Å². The van der Waals surface area contributed by atoms with E-state index in [1.54, 1.807) is 19.1 Å². The number of anilines is 1. The summed E-state index contributed by atoms with van der Waals surface area (Å²) in [4.78, 5) is 23.4. The number of non-ortho nitro benzene ring substituents is 1. The largest absolute Gasteiger partial charge is 0.481 e. The molecule has 0 aliphatic carbocycles. The Morgan fingerprint density at radius 1 is 1.42 bits per heavy atom. The number of hydrogen-bond donors (Lipinski definition) is 1. The summed E-state index contributed by atoms with van der Waals surface area (Å²) in [6, 6.07) is 6.24. The van der Waals surface area contributed by atoms with Crippen LogP contribution in [0.15, 0.2) is 24.3 Å². The van der Waals surface area contributed by atoms with Crippen LogP contribution in [0.5, 0.6) is 0 Å². The molecule has 1 heterocycles. The molecule has 0 spiro atoms. The van der Waals surface area contributed by atoms with Gasteiger partial charge in [-0.3, -0.25) is 14.9 Å². The van der Waals surface area contributed by atoms with Gasteiger partial charge in [0, 0.05) is 30.9 Å². The molecule has 1 aromatic rings. The van der Waals surface area contributed by atoms with Gasteiger partial charge in [0.25, 0.3) is 5.69 Å². The van der Waals surface area contributed by atoms with Crippen molar-refractivity contribution < 1.29 is 14.8 Å². The van der Waals surface area contributed by atoms with Crippen LogP contribution in [0.2, 0.25) is 0 Å². The molecule has 6 nitrogen and oxygen atoms in total. The van der Waals surface area contributed by atoms with Crippen molar-refractivity contribution in [3.05, 3.63) is 34.4 Å². The van der Waals surface area contributed by atoms with E-state index >= 15 is 0 Å². The first-order chi connectivity index (χ1) is 8.92. The van der Waals surface area contributed by atoms with Gasteiger partial charge in [-0.15, -0.1) is 0 Å². The molecule has 0 saturated carbocycles. The number of aliphatic carboxylic acids is 1. The molecule has 19 heavy (non-hydrogen) atoms. The quantitative estimate of drug-likeness (QED) is 0.668. The summed E-state index contributed by atoms with van der Waals surface area (Å²) < 4.78 is 0. The lowest BCUT2D eigenvalue weighted by Gasteiger charge is -2.38. The summed E-state index contributed by atoms with van der Waals surface area (Å²) in [5.74, 6) is -0.792. The summed E-state index contributed by atoms with van der Waals surface area (Å²) in [6.07, 6.45) is 1.46. The minimum atomic E-state index is -0.792. The molecule has 1 atom stereocenters. The highest BCUT2D eigenvalue weighted by molar-refractivity contribution is 5.75. The van der Waals surface area contributed by atoms with Crippen molar-refractivity contribution in [2.24, 2.45) is 5.41 Å². The number of nitrogens with zero attached hydrogens (tertiary/aromatic N) is 2. The topological polar surface area (TPSA) is 83.7 Å². The molecule has 1 aliphatic heterocycles. The normalized spacial score (nSPS) is 23.1. The van der Waals surface area contributed by atoms with Crippen LogP contribution in [-0.4, -0.2) is 29.1 Å². The number of hydrogen-bond acceptors (Lipinski definition) is 4. The van der Waals surface area contributed by atoms with Gasteiger partial charge in [0.1, 0.15) is 0 Å². The Kier molecular flexibility index (Phi) is 3.42. The number of rotatable bonds is 3. The van der Waals surface area contributed by atoms with Gasteiger partial charge in [-0.25, -0.2) is 0 Å². The standard InChI is InChI=1S/C13H16N2O4/c1-13(12(16)17)7-2-8-14(9-13)10-3-5-11(6-4-10)15(18)19/h3-6H,2,7-9H2,1H3,(H,16,17)/t13-/m0/s1. The van der Waals surface area contributed by atoms with Crippen molar-refractivity contribution in [1.29, 1.82) is 0 Å². The van der Waals surface area contributed by atoms with Crippen LogP contribution in [0.3, 0.4) is 0 Å². The first kappa shape index (κ1) is 13.3. The predicted molar refractivity (Wildman–Crippen MR) is 70.3 cm³/mol. The maximum absolute atomic E-state index is 11.3. The number of nitro groups is 1. The Bertz CT molecular complexity index is 500. The first-order valence-electron chi connectivity index (χ1n) is 6.15. The summed E-state index contributed by atoms with van der Waals surface area (Å²) in [6.45, 7) is 2.95. The highest BCUT2D eigenvalue weighted by Crippen LogP contribution is 2.32. The maximum Gasteiger partial charge on any atom is 0.311 e. The monoisotopic (exact) mass is 264 g/mol. The number of carbonyl (C=O) groups is 1. The average molecular weight is 264 g/mol. The summed E-state index contributed by atoms with van der Waals surface area (Å²) in [5.41, 5.74) is 0.125. The summed E-state index contributed by atoms with van der Waals surface area (Å²) >= 11 is 0. The molecule has 1 fully saturated rings. The zero-order chi connectivity index (χ0) is 14.0. The third-order valence-corrected chi connectivity index (χ3v) is 3.64. The molecular weight excluding hydrogens is 248 g/mol. The molecule has 1 saturated heterocycles. The van der Waals surface area contributed by atoms with E-state index in [1.807, 2.05) is 4.90 Å². The predicted octanol–water partition coefficient (Wildman–Crippen LogP) is 2.29. The lowest BCUT2D eigenvalue weighted by atomic mass is 9.82. The number of piperidine rings is 1. The fraction of sp³-hybridized carbons (Fsp3) is 0.462. The molecule has 2 rings (SSSR count). The molecule has 1 aliphatic rings.